The fourth-order valence-corrected chi connectivity index (χ4v) is 3.98. The first-order chi connectivity index (χ1) is 13.7. The van der Waals surface area contributed by atoms with E-state index < -0.39 is 15.9 Å². The average Bonchev–Trinajstić information content (AvgIpc) is 3.10. The number of fused-ring (bicyclic) bond motifs is 1. The van der Waals surface area contributed by atoms with E-state index in [2.05, 4.69) is 4.72 Å². The highest BCUT2D eigenvalue weighted by molar-refractivity contribution is 7.90. The lowest BCUT2D eigenvalue weighted by molar-refractivity contribution is 0.0956. The Bertz CT molecular complexity index is 1150. The Morgan fingerprint density at radius 2 is 1.90 bits per heavy atom. The van der Waals surface area contributed by atoms with Crippen molar-refractivity contribution in [3.63, 3.8) is 0 Å². The maximum Gasteiger partial charge on any atom is 0.300 e. The van der Waals surface area contributed by atoms with E-state index >= 15 is 0 Å². The molecule has 0 saturated carbocycles. The van der Waals surface area contributed by atoms with E-state index in [1.165, 1.54) is 12.1 Å². The number of rotatable bonds is 7. The number of carbonyl (C=O) groups excluding carboxylic acids is 1. The third-order valence-electron chi connectivity index (χ3n) is 4.32. The highest BCUT2D eigenvalue weighted by atomic mass is 32.2. The second-order valence-electron chi connectivity index (χ2n) is 6.96. The van der Waals surface area contributed by atoms with Gasteiger partial charge in [0.05, 0.1) is 6.61 Å². The molecule has 1 N–H and O–H groups in total. The van der Waals surface area contributed by atoms with Gasteiger partial charge in [-0.05, 0) is 49.2 Å². The van der Waals surface area contributed by atoms with Crippen LogP contribution in [0.2, 0.25) is 0 Å². The Morgan fingerprint density at radius 3 is 2.59 bits per heavy atom. The zero-order valence-corrected chi connectivity index (χ0v) is 17.7. The van der Waals surface area contributed by atoms with Gasteiger partial charge >= 0.3 is 5.91 Å². The summed E-state index contributed by atoms with van der Waals surface area (Å²) in [6.45, 7) is 4.07. The van der Waals surface area contributed by atoms with E-state index in [0.29, 0.717) is 17.6 Å². The van der Waals surface area contributed by atoms with Crippen LogP contribution in [0.15, 0.2) is 51.8 Å². The van der Waals surface area contributed by atoms with E-state index in [-0.39, 0.29) is 16.4 Å². The second-order valence-corrected chi connectivity index (χ2v) is 8.61. The van der Waals surface area contributed by atoms with Crippen LogP contribution in [0.4, 0.5) is 5.69 Å². The summed E-state index contributed by atoms with van der Waals surface area (Å²) >= 11 is 0. The highest BCUT2D eigenvalue weighted by Crippen LogP contribution is 2.27. The van der Waals surface area contributed by atoms with Gasteiger partial charge in [0, 0.05) is 31.2 Å². The van der Waals surface area contributed by atoms with Gasteiger partial charge in [-0.3, -0.25) is 4.79 Å². The third kappa shape index (κ3) is 4.54. The van der Waals surface area contributed by atoms with Crippen LogP contribution in [-0.2, 0) is 10.0 Å². The SMILES string of the molecule is CCCOc1ccc(C)cc1S(=O)(=O)NC(=O)c1cc2ccc(N(C)C)cc2o1. The number of benzene rings is 2. The standard InChI is InChI=1S/C21H24N2O5S/c1-5-10-27-17-9-6-14(2)11-20(17)29(25,26)22-21(24)19-12-15-7-8-16(23(3)4)13-18(15)28-19/h6-9,11-13H,5,10H2,1-4H3,(H,22,24). The maximum atomic E-state index is 12.9. The highest BCUT2D eigenvalue weighted by Gasteiger charge is 2.25. The van der Waals surface area contributed by atoms with Gasteiger partial charge in [0.2, 0.25) is 0 Å². The molecular weight excluding hydrogens is 392 g/mol. The molecule has 1 aromatic heterocycles. The number of hydrogen-bond acceptors (Lipinski definition) is 6. The molecule has 0 aliphatic carbocycles. The molecule has 29 heavy (non-hydrogen) atoms. The molecule has 0 bridgehead atoms. The van der Waals surface area contributed by atoms with Gasteiger partial charge in [-0.2, -0.15) is 0 Å². The maximum absolute atomic E-state index is 12.9. The first-order valence-electron chi connectivity index (χ1n) is 9.23. The Kier molecular flexibility index (Phi) is 5.83. The monoisotopic (exact) mass is 416 g/mol. The Balaban J connectivity index is 1.90. The molecule has 7 nitrogen and oxygen atoms in total. The summed E-state index contributed by atoms with van der Waals surface area (Å²) in [5, 5.41) is 0.709. The van der Waals surface area contributed by atoms with Gasteiger partial charge in [-0.25, -0.2) is 13.1 Å². The van der Waals surface area contributed by atoms with Crippen LogP contribution in [0, 0.1) is 6.92 Å². The lowest BCUT2D eigenvalue weighted by Gasteiger charge is -2.12. The number of ether oxygens (including phenoxy) is 1. The minimum absolute atomic E-state index is 0.0784. The van der Waals surface area contributed by atoms with Crippen LogP contribution in [0.1, 0.15) is 29.5 Å². The molecule has 0 saturated heterocycles. The van der Waals surface area contributed by atoms with Gasteiger partial charge in [-0.15, -0.1) is 0 Å². The molecule has 3 rings (SSSR count). The predicted molar refractivity (Wildman–Crippen MR) is 112 cm³/mol. The molecule has 154 valence electrons. The van der Waals surface area contributed by atoms with Crippen LogP contribution in [0.5, 0.6) is 5.75 Å². The molecule has 8 heteroatoms. The number of hydrogen-bond donors (Lipinski definition) is 1. The van der Waals surface area contributed by atoms with Gasteiger partial charge < -0.3 is 14.1 Å². The van der Waals surface area contributed by atoms with Crippen molar-refractivity contribution < 1.29 is 22.4 Å². The number of aryl methyl sites for hydroxylation is 1. The number of furan rings is 1. The quantitative estimate of drug-likeness (QED) is 0.632. The van der Waals surface area contributed by atoms with Crippen LogP contribution in [0.25, 0.3) is 11.0 Å². The summed E-state index contributed by atoms with van der Waals surface area (Å²) in [6.07, 6.45) is 0.730. The van der Waals surface area contributed by atoms with Crippen molar-refractivity contribution in [3.05, 3.63) is 53.8 Å². The van der Waals surface area contributed by atoms with Crippen molar-refractivity contribution in [2.75, 3.05) is 25.6 Å². The van der Waals surface area contributed by atoms with Crippen molar-refractivity contribution in [2.24, 2.45) is 0 Å². The first-order valence-corrected chi connectivity index (χ1v) is 10.7. The third-order valence-corrected chi connectivity index (χ3v) is 5.67. The molecular formula is C21H24N2O5S. The number of nitrogens with one attached hydrogen (secondary N) is 1. The molecule has 0 spiro atoms. The fourth-order valence-electron chi connectivity index (χ4n) is 2.79. The van der Waals surface area contributed by atoms with E-state index in [1.807, 2.05) is 38.1 Å². The molecule has 0 fully saturated rings. The molecule has 1 heterocycles. The molecule has 1 amide bonds. The van der Waals surface area contributed by atoms with Gasteiger partial charge in [0.15, 0.2) is 5.76 Å². The van der Waals surface area contributed by atoms with Crippen molar-refractivity contribution in [1.29, 1.82) is 0 Å². The summed E-state index contributed by atoms with van der Waals surface area (Å²) in [5.74, 6) is -0.711. The van der Waals surface area contributed by atoms with Crippen LogP contribution in [-0.4, -0.2) is 35.0 Å². The Labute approximate surface area is 170 Å². The zero-order chi connectivity index (χ0) is 21.2. The summed E-state index contributed by atoms with van der Waals surface area (Å²) in [6, 6.07) is 11.8. The minimum atomic E-state index is -4.14. The number of carbonyl (C=O) groups is 1. The van der Waals surface area contributed by atoms with Crippen molar-refractivity contribution in [3.8, 4) is 5.75 Å². The summed E-state index contributed by atoms with van der Waals surface area (Å²) in [5.41, 5.74) is 2.15. The number of amides is 1. The molecule has 0 aliphatic heterocycles. The van der Waals surface area contributed by atoms with Crippen LogP contribution < -0.4 is 14.4 Å². The van der Waals surface area contributed by atoms with E-state index in [0.717, 1.165) is 17.7 Å². The minimum Gasteiger partial charge on any atom is -0.492 e. The van der Waals surface area contributed by atoms with Gasteiger partial charge in [0.25, 0.3) is 10.0 Å². The topological polar surface area (TPSA) is 88.8 Å². The smallest absolute Gasteiger partial charge is 0.300 e. The fraction of sp³-hybridized carbons (Fsp3) is 0.286. The van der Waals surface area contributed by atoms with E-state index in [1.54, 1.807) is 25.1 Å². The zero-order valence-electron chi connectivity index (χ0n) is 16.9. The molecule has 0 aliphatic rings. The number of anilines is 1. The van der Waals surface area contributed by atoms with Crippen LogP contribution in [0.3, 0.4) is 0 Å². The lowest BCUT2D eigenvalue weighted by atomic mass is 10.2. The summed E-state index contributed by atoms with van der Waals surface area (Å²) in [7, 11) is -0.357. The Hall–Kier alpha value is -3.00. The average molecular weight is 416 g/mol. The molecule has 0 unspecified atom stereocenters. The second kappa shape index (κ2) is 8.16. The van der Waals surface area contributed by atoms with Crippen molar-refractivity contribution >= 4 is 32.6 Å². The van der Waals surface area contributed by atoms with Crippen molar-refractivity contribution in [1.82, 2.24) is 4.72 Å². The predicted octanol–water partition coefficient (Wildman–Crippen LogP) is 3.71. The Morgan fingerprint density at radius 1 is 1.14 bits per heavy atom. The largest absolute Gasteiger partial charge is 0.492 e. The van der Waals surface area contributed by atoms with Crippen LogP contribution >= 0.6 is 0 Å². The van der Waals surface area contributed by atoms with Gasteiger partial charge in [0.1, 0.15) is 16.2 Å². The first kappa shape index (κ1) is 20.7. The van der Waals surface area contributed by atoms with Crippen molar-refractivity contribution in [2.45, 2.75) is 25.2 Å². The summed E-state index contributed by atoms with van der Waals surface area (Å²) in [4.78, 5) is 14.4. The molecule has 2 aromatic carbocycles. The lowest BCUT2D eigenvalue weighted by Crippen LogP contribution is -2.30. The number of sulfonamides is 1. The molecule has 3 aromatic rings. The van der Waals surface area contributed by atoms with E-state index in [9.17, 15) is 13.2 Å². The normalized spacial score (nSPS) is 11.4. The van der Waals surface area contributed by atoms with Gasteiger partial charge in [-0.1, -0.05) is 13.0 Å². The van der Waals surface area contributed by atoms with E-state index in [4.69, 9.17) is 9.15 Å². The summed E-state index contributed by atoms with van der Waals surface area (Å²) < 4.78 is 38.9. The molecule has 0 radical (unpaired) electrons. The molecule has 0 atom stereocenters. The number of nitrogens with zero attached hydrogens (tertiary/aromatic N) is 1.